The minimum absolute atomic E-state index is 0.0167. The third kappa shape index (κ3) is 12.5. The van der Waals surface area contributed by atoms with Crippen LogP contribution in [0.5, 0.6) is 11.5 Å². The zero-order valence-electron chi connectivity index (χ0n) is 22.0. The van der Waals surface area contributed by atoms with E-state index in [2.05, 4.69) is 0 Å². The molecule has 0 amide bonds. The van der Waals surface area contributed by atoms with Crippen LogP contribution in [0.1, 0.15) is 27.7 Å². The van der Waals surface area contributed by atoms with Gasteiger partial charge in [0.05, 0.1) is 11.4 Å². The highest BCUT2D eigenvalue weighted by atomic mass is 16.5. The Hall–Kier alpha value is -4.48. The van der Waals surface area contributed by atoms with E-state index in [0.29, 0.717) is 0 Å². The van der Waals surface area contributed by atoms with E-state index in [-0.39, 0.29) is 36.1 Å². The summed E-state index contributed by atoms with van der Waals surface area (Å²) in [7, 11) is 0. The summed E-state index contributed by atoms with van der Waals surface area (Å²) in [5, 5.41) is 36.4. The van der Waals surface area contributed by atoms with Crippen LogP contribution in [-0.2, 0) is 19.2 Å². The molecule has 2 aromatic rings. The minimum Gasteiger partial charge on any atom is -0.488 e. The molecule has 0 fully saturated rings. The van der Waals surface area contributed by atoms with Gasteiger partial charge < -0.3 is 39.7 Å². The molecule has 38 heavy (non-hydrogen) atoms. The van der Waals surface area contributed by atoms with Crippen LogP contribution in [0.3, 0.4) is 0 Å². The molecule has 0 unspecified atom stereocenters. The van der Waals surface area contributed by atoms with Crippen LogP contribution in [0.2, 0.25) is 0 Å². The Morgan fingerprint density at radius 1 is 0.553 bits per heavy atom. The zero-order chi connectivity index (χ0) is 29.1. The number of rotatable bonds is 15. The van der Waals surface area contributed by atoms with E-state index in [4.69, 9.17) is 29.9 Å². The first-order chi connectivity index (χ1) is 18.2. The molecule has 12 heteroatoms. The summed E-state index contributed by atoms with van der Waals surface area (Å²) in [6.07, 6.45) is 0. The van der Waals surface area contributed by atoms with E-state index in [1.165, 1.54) is 12.1 Å². The first kappa shape index (κ1) is 33.5. The fraction of sp³-hybridized carbons (Fsp3) is 0.385. The van der Waals surface area contributed by atoms with Gasteiger partial charge in [0.1, 0.15) is 50.9 Å². The van der Waals surface area contributed by atoms with E-state index in [1.54, 1.807) is 36.4 Å². The molecule has 0 heterocycles. The van der Waals surface area contributed by atoms with E-state index >= 15 is 0 Å². The Labute approximate surface area is 221 Å². The Kier molecular flexibility index (Phi) is 16.5. The molecule has 0 saturated heterocycles. The number of ether oxygens (including phenoxy) is 2. The Morgan fingerprint density at radius 2 is 0.816 bits per heavy atom. The lowest BCUT2D eigenvalue weighted by atomic mass is 10.2. The molecule has 0 bridgehead atoms. The average Bonchev–Trinajstić information content (AvgIpc) is 2.87. The van der Waals surface area contributed by atoms with Gasteiger partial charge in [0.2, 0.25) is 0 Å². The van der Waals surface area contributed by atoms with Crippen LogP contribution in [0.4, 0.5) is 11.4 Å². The number of nitrogens with zero attached hydrogens (tertiary/aromatic N) is 2. The second kappa shape index (κ2) is 18.7. The van der Waals surface area contributed by atoms with Gasteiger partial charge in [0, 0.05) is 0 Å². The molecule has 210 valence electrons. The normalized spacial score (nSPS) is 9.47. The number of benzene rings is 2. The van der Waals surface area contributed by atoms with Gasteiger partial charge in [-0.25, -0.2) is 0 Å². The summed E-state index contributed by atoms with van der Waals surface area (Å²) in [6, 6.07) is 12.7. The number of hydrogen-bond donors (Lipinski definition) is 4. The Bertz CT molecular complexity index is 915. The molecular weight excluding hydrogens is 500 g/mol. The zero-order valence-corrected chi connectivity index (χ0v) is 22.0. The second-order valence-electron chi connectivity index (χ2n) is 6.92. The van der Waals surface area contributed by atoms with Crippen LogP contribution in [0.25, 0.3) is 0 Å². The molecule has 0 spiro atoms. The lowest BCUT2D eigenvalue weighted by Crippen LogP contribution is -2.35. The summed E-state index contributed by atoms with van der Waals surface area (Å²) < 4.78 is 11.4. The molecule has 0 aliphatic rings. The summed E-state index contributed by atoms with van der Waals surface area (Å²) in [5.41, 5.74) is 0.559. The maximum absolute atomic E-state index is 11.1. The first-order valence-electron chi connectivity index (χ1n) is 12.0. The van der Waals surface area contributed by atoms with Crippen molar-refractivity contribution in [2.75, 3.05) is 49.2 Å². The molecule has 0 aromatic heterocycles. The van der Waals surface area contributed by atoms with Crippen molar-refractivity contribution in [3.8, 4) is 11.5 Å². The number of para-hydroxylation sites is 4. The predicted molar refractivity (Wildman–Crippen MR) is 142 cm³/mol. The summed E-state index contributed by atoms with van der Waals surface area (Å²) in [6.45, 7) is 5.80. The summed E-state index contributed by atoms with van der Waals surface area (Å²) in [5.74, 6) is -4.32. The highest BCUT2D eigenvalue weighted by molar-refractivity contribution is 5.81. The average molecular weight is 537 g/mol. The van der Waals surface area contributed by atoms with Crippen LogP contribution in [0.15, 0.2) is 48.5 Å². The Balaban J connectivity index is 0.00000326. The number of carbonyl (C=O) groups is 4. The van der Waals surface area contributed by atoms with Crippen molar-refractivity contribution in [1.29, 1.82) is 0 Å². The van der Waals surface area contributed by atoms with Crippen molar-refractivity contribution in [3.05, 3.63) is 48.5 Å². The lowest BCUT2D eigenvalue weighted by molar-refractivity contribution is -0.138. The van der Waals surface area contributed by atoms with Crippen LogP contribution < -0.4 is 19.3 Å². The highest BCUT2D eigenvalue weighted by Crippen LogP contribution is 2.29. The highest BCUT2D eigenvalue weighted by Gasteiger charge is 2.19. The third-order valence-electron chi connectivity index (χ3n) is 4.31. The number of hydrogen-bond acceptors (Lipinski definition) is 8. The van der Waals surface area contributed by atoms with Crippen molar-refractivity contribution in [2.45, 2.75) is 27.7 Å². The molecule has 2 rings (SSSR count). The van der Waals surface area contributed by atoms with Gasteiger partial charge in [0.25, 0.3) is 0 Å². The molecule has 0 aliphatic carbocycles. The monoisotopic (exact) mass is 536 g/mol. The van der Waals surface area contributed by atoms with Crippen LogP contribution in [-0.4, -0.2) is 83.7 Å². The fourth-order valence-electron chi connectivity index (χ4n) is 3.09. The SMILES string of the molecule is CC.CC.O=C(O)CN(CC(=O)O)c1ccccc1OCCOc1ccccc1N(CC(=O)O)CC(=O)O. The quantitative estimate of drug-likeness (QED) is 0.245. The molecule has 0 saturated carbocycles. The van der Waals surface area contributed by atoms with Gasteiger partial charge >= 0.3 is 23.9 Å². The molecule has 4 N–H and O–H groups in total. The van der Waals surface area contributed by atoms with Crippen molar-refractivity contribution in [2.24, 2.45) is 0 Å². The van der Waals surface area contributed by atoms with Gasteiger partial charge in [-0.15, -0.1) is 0 Å². The Morgan fingerprint density at radius 3 is 1.08 bits per heavy atom. The third-order valence-corrected chi connectivity index (χ3v) is 4.31. The van der Waals surface area contributed by atoms with Crippen molar-refractivity contribution in [3.63, 3.8) is 0 Å². The molecule has 0 atom stereocenters. The number of anilines is 2. The molecule has 0 radical (unpaired) electrons. The number of carboxylic acids is 4. The van der Waals surface area contributed by atoms with Gasteiger partial charge in [-0.2, -0.15) is 0 Å². The van der Waals surface area contributed by atoms with Gasteiger partial charge in [0.15, 0.2) is 0 Å². The van der Waals surface area contributed by atoms with Gasteiger partial charge in [-0.1, -0.05) is 52.0 Å². The summed E-state index contributed by atoms with van der Waals surface area (Å²) >= 11 is 0. The number of carboxylic acid groups (broad SMARTS) is 4. The molecule has 0 aliphatic heterocycles. The van der Waals surface area contributed by atoms with E-state index in [9.17, 15) is 19.2 Å². The second-order valence-corrected chi connectivity index (χ2v) is 6.92. The largest absolute Gasteiger partial charge is 0.488 e. The van der Waals surface area contributed by atoms with Crippen molar-refractivity contribution >= 4 is 35.3 Å². The van der Waals surface area contributed by atoms with Crippen LogP contribution >= 0.6 is 0 Å². The summed E-state index contributed by atoms with van der Waals surface area (Å²) in [4.78, 5) is 46.9. The topological polar surface area (TPSA) is 174 Å². The lowest BCUT2D eigenvalue weighted by Gasteiger charge is -2.24. The van der Waals surface area contributed by atoms with Crippen LogP contribution in [0, 0.1) is 0 Å². The van der Waals surface area contributed by atoms with E-state index in [0.717, 1.165) is 9.80 Å². The molecule has 2 aromatic carbocycles. The van der Waals surface area contributed by atoms with Crippen molar-refractivity contribution in [1.82, 2.24) is 0 Å². The standard InChI is InChI=1S/C22H24N2O10.2C2H6/c25-19(26)11-23(12-20(27)28)15-5-1-3-7-17(15)33-9-10-34-18-8-4-2-6-16(18)24(13-21(29)30)14-22(31)32;2*1-2/h1-8H,9-14H2,(H,25,26)(H,27,28)(H,29,30)(H,31,32);2*1-2H3. The number of aliphatic carboxylic acids is 4. The van der Waals surface area contributed by atoms with Gasteiger partial charge in [-0.05, 0) is 24.3 Å². The van der Waals surface area contributed by atoms with Crippen molar-refractivity contribution < 1.29 is 49.1 Å². The van der Waals surface area contributed by atoms with E-state index in [1.807, 2.05) is 27.7 Å². The first-order valence-corrected chi connectivity index (χ1v) is 12.0. The maximum Gasteiger partial charge on any atom is 0.323 e. The fourth-order valence-corrected chi connectivity index (χ4v) is 3.09. The minimum atomic E-state index is -1.21. The smallest absolute Gasteiger partial charge is 0.323 e. The molecule has 12 nitrogen and oxygen atoms in total. The van der Waals surface area contributed by atoms with Gasteiger partial charge in [-0.3, -0.25) is 19.2 Å². The predicted octanol–water partition coefficient (Wildman–Crippen LogP) is 3.15. The van der Waals surface area contributed by atoms with E-state index < -0.39 is 50.1 Å². The molecular formula is C26H36N2O10. The maximum atomic E-state index is 11.1.